The van der Waals surface area contributed by atoms with E-state index in [9.17, 15) is 14.7 Å². The number of likely N-dealkylation sites (N-methyl/N-ethyl adjacent to an activating group) is 2. The maximum absolute atomic E-state index is 12.7. The first-order valence-electron chi connectivity index (χ1n) is 7.98. The third kappa shape index (κ3) is 4.41. The van der Waals surface area contributed by atoms with E-state index in [2.05, 4.69) is 4.90 Å². The molecule has 7 nitrogen and oxygen atoms in total. The Kier molecular flexibility index (Phi) is 7.25. The van der Waals surface area contributed by atoms with Gasteiger partial charge in [0.2, 0.25) is 5.91 Å². The van der Waals surface area contributed by atoms with Crippen LogP contribution >= 0.6 is 0 Å². The highest BCUT2D eigenvalue weighted by Crippen LogP contribution is 2.18. The Labute approximate surface area is 132 Å². The quantitative estimate of drug-likeness (QED) is 0.639. The van der Waals surface area contributed by atoms with Crippen molar-refractivity contribution < 1.29 is 19.8 Å². The molecule has 0 aromatic heterocycles. The van der Waals surface area contributed by atoms with Crippen molar-refractivity contribution in [1.29, 1.82) is 0 Å². The van der Waals surface area contributed by atoms with Crippen LogP contribution in [0.5, 0.6) is 0 Å². The van der Waals surface area contributed by atoms with E-state index in [1.165, 1.54) is 0 Å². The number of aliphatic hydroxyl groups excluding tert-OH is 1. The van der Waals surface area contributed by atoms with Gasteiger partial charge < -0.3 is 15.1 Å². The molecule has 22 heavy (non-hydrogen) atoms. The van der Waals surface area contributed by atoms with Crippen LogP contribution in [0.25, 0.3) is 0 Å². The number of aliphatic carboxylic acids is 1. The fourth-order valence-corrected chi connectivity index (χ4v) is 3.18. The van der Waals surface area contributed by atoms with E-state index in [1.807, 2.05) is 20.8 Å². The largest absolute Gasteiger partial charge is 0.480 e. The van der Waals surface area contributed by atoms with Gasteiger partial charge in [0.15, 0.2) is 0 Å². The highest BCUT2D eigenvalue weighted by atomic mass is 16.4. The zero-order chi connectivity index (χ0) is 16.9. The Morgan fingerprint density at radius 1 is 1.23 bits per heavy atom. The second-order valence-electron chi connectivity index (χ2n) is 5.83. The second-order valence-corrected chi connectivity index (χ2v) is 5.83. The first-order valence-corrected chi connectivity index (χ1v) is 7.98. The van der Waals surface area contributed by atoms with Gasteiger partial charge in [0.1, 0.15) is 0 Å². The number of carbonyl (C=O) groups excluding carboxylic acids is 1. The topological polar surface area (TPSA) is 84.3 Å². The third-order valence-corrected chi connectivity index (χ3v) is 4.45. The molecule has 0 unspecified atom stereocenters. The van der Waals surface area contributed by atoms with Gasteiger partial charge in [-0.15, -0.1) is 0 Å². The predicted molar refractivity (Wildman–Crippen MR) is 83.6 cm³/mol. The standard InChI is InChI=1S/C15H29N3O4/c1-5-11(17(6-2)7-3)15(22)18-8-12(13(19)9-18)16(4)10-14(20)21/h11-13,19H,5-10H2,1-4H3,(H,20,21)/t11-,12+,13-/m1/s1. The van der Waals surface area contributed by atoms with Crippen LogP contribution in [0.4, 0.5) is 0 Å². The van der Waals surface area contributed by atoms with E-state index in [1.54, 1.807) is 16.8 Å². The number of hydrogen-bond donors (Lipinski definition) is 2. The third-order valence-electron chi connectivity index (χ3n) is 4.45. The van der Waals surface area contributed by atoms with Crippen LogP contribution in [0, 0.1) is 0 Å². The summed E-state index contributed by atoms with van der Waals surface area (Å²) in [6.07, 6.45) is 0.0189. The van der Waals surface area contributed by atoms with Gasteiger partial charge >= 0.3 is 5.97 Å². The number of aliphatic hydroxyl groups is 1. The molecule has 7 heteroatoms. The molecule has 1 aliphatic rings. The van der Waals surface area contributed by atoms with Crippen LogP contribution < -0.4 is 0 Å². The van der Waals surface area contributed by atoms with Crippen molar-refractivity contribution in [3.05, 3.63) is 0 Å². The number of carbonyl (C=O) groups is 2. The van der Waals surface area contributed by atoms with E-state index in [0.717, 1.165) is 19.5 Å². The lowest BCUT2D eigenvalue weighted by Gasteiger charge is -2.31. The highest BCUT2D eigenvalue weighted by Gasteiger charge is 2.39. The van der Waals surface area contributed by atoms with Crippen molar-refractivity contribution in [2.24, 2.45) is 0 Å². The molecule has 0 radical (unpaired) electrons. The number of likely N-dealkylation sites (tertiary alicyclic amines) is 1. The molecule has 0 spiro atoms. The molecule has 1 amide bonds. The molecule has 0 saturated carbocycles. The molecule has 0 aromatic rings. The Bertz CT molecular complexity index is 387. The minimum atomic E-state index is -0.936. The van der Waals surface area contributed by atoms with Gasteiger partial charge in [-0.05, 0) is 26.6 Å². The summed E-state index contributed by atoms with van der Waals surface area (Å²) in [5, 5.41) is 19.0. The molecule has 1 aliphatic heterocycles. The van der Waals surface area contributed by atoms with Crippen LogP contribution in [0.15, 0.2) is 0 Å². The molecular weight excluding hydrogens is 286 g/mol. The summed E-state index contributed by atoms with van der Waals surface area (Å²) in [6, 6.07) is -0.500. The van der Waals surface area contributed by atoms with E-state index in [4.69, 9.17) is 5.11 Å². The van der Waals surface area contributed by atoms with Crippen LogP contribution in [0.3, 0.4) is 0 Å². The average molecular weight is 315 g/mol. The van der Waals surface area contributed by atoms with Gasteiger partial charge in [-0.25, -0.2) is 0 Å². The predicted octanol–water partition coefficient (Wildman–Crippen LogP) is -0.305. The van der Waals surface area contributed by atoms with E-state index >= 15 is 0 Å². The van der Waals surface area contributed by atoms with Gasteiger partial charge in [-0.2, -0.15) is 0 Å². The van der Waals surface area contributed by atoms with Crippen LogP contribution in [0.2, 0.25) is 0 Å². The number of hydrogen-bond acceptors (Lipinski definition) is 5. The van der Waals surface area contributed by atoms with E-state index in [0.29, 0.717) is 6.54 Å². The first-order chi connectivity index (χ1) is 10.3. The van der Waals surface area contributed by atoms with Crippen molar-refractivity contribution >= 4 is 11.9 Å². The minimum absolute atomic E-state index is 0.0245. The van der Waals surface area contributed by atoms with Crippen molar-refractivity contribution in [2.45, 2.75) is 45.4 Å². The van der Waals surface area contributed by atoms with E-state index in [-0.39, 0.29) is 31.1 Å². The van der Waals surface area contributed by atoms with Crippen LogP contribution in [-0.4, -0.2) is 94.7 Å². The molecule has 128 valence electrons. The fraction of sp³-hybridized carbons (Fsp3) is 0.867. The highest BCUT2D eigenvalue weighted by molar-refractivity contribution is 5.82. The number of amides is 1. The fourth-order valence-electron chi connectivity index (χ4n) is 3.18. The number of carboxylic acids is 1. The summed E-state index contributed by atoms with van der Waals surface area (Å²) >= 11 is 0. The molecular formula is C15H29N3O4. The maximum atomic E-state index is 12.7. The van der Waals surface area contributed by atoms with Crippen molar-refractivity contribution in [3.63, 3.8) is 0 Å². The monoisotopic (exact) mass is 315 g/mol. The average Bonchev–Trinajstić information content (AvgIpc) is 2.85. The van der Waals surface area contributed by atoms with Crippen LogP contribution in [0.1, 0.15) is 27.2 Å². The zero-order valence-electron chi connectivity index (χ0n) is 14.0. The van der Waals surface area contributed by atoms with Crippen molar-refractivity contribution in [2.75, 3.05) is 39.8 Å². The zero-order valence-corrected chi connectivity index (χ0v) is 14.0. The molecule has 1 heterocycles. The van der Waals surface area contributed by atoms with Gasteiger partial charge in [0, 0.05) is 13.1 Å². The van der Waals surface area contributed by atoms with Crippen molar-refractivity contribution in [3.8, 4) is 0 Å². The lowest BCUT2D eigenvalue weighted by Crippen LogP contribution is -2.48. The molecule has 0 bridgehead atoms. The normalized spacial score (nSPS) is 23.3. The van der Waals surface area contributed by atoms with Gasteiger partial charge in [0.05, 0.1) is 24.7 Å². The van der Waals surface area contributed by atoms with Gasteiger partial charge in [0.25, 0.3) is 0 Å². The van der Waals surface area contributed by atoms with Crippen molar-refractivity contribution in [1.82, 2.24) is 14.7 Å². The maximum Gasteiger partial charge on any atom is 0.317 e. The minimum Gasteiger partial charge on any atom is -0.480 e. The molecule has 0 aliphatic carbocycles. The Hall–Kier alpha value is -1.18. The van der Waals surface area contributed by atoms with Crippen LogP contribution in [-0.2, 0) is 9.59 Å². The molecule has 2 N–H and O–H groups in total. The summed E-state index contributed by atoms with van der Waals surface area (Å²) in [6.45, 7) is 8.16. The smallest absolute Gasteiger partial charge is 0.317 e. The molecule has 1 saturated heterocycles. The summed E-state index contributed by atoms with van der Waals surface area (Å²) in [5.41, 5.74) is 0. The Morgan fingerprint density at radius 3 is 2.27 bits per heavy atom. The summed E-state index contributed by atoms with van der Waals surface area (Å²) in [4.78, 5) is 28.9. The number of β-amino-alcohol motifs (C(OH)–C–C–N with tert-alkyl or cyclic N) is 1. The Balaban J connectivity index is 2.74. The molecule has 0 aromatic carbocycles. The summed E-state index contributed by atoms with van der Waals surface area (Å²) in [7, 11) is 1.66. The molecule has 3 atom stereocenters. The number of carboxylic acid groups (broad SMARTS) is 1. The molecule has 1 fully saturated rings. The van der Waals surface area contributed by atoms with Gasteiger partial charge in [-0.3, -0.25) is 19.4 Å². The SMILES string of the molecule is CC[C@H](C(=O)N1C[C@@H](O)[C@@H](N(C)CC(=O)O)C1)N(CC)CC. The molecule has 1 rings (SSSR count). The first kappa shape index (κ1) is 18.9. The lowest BCUT2D eigenvalue weighted by molar-refractivity contribution is -0.138. The Morgan fingerprint density at radius 2 is 1.82 bits per heavy atom. The van der Waals surface area contributed by atoms with Gasteiger partial charge in [-0.1, -0.05) is 20.8 Å². The second kappa shape index (κ2) is 8.45. The van der Waals surface area contributed by atoms with E-state index < -0.39 is 12.1 Å². The summed E-state index contributed by atoms with van der Waals surface area (Å²) in [5.74, 6) is -0.912. The number of nitrogens with zero attached hydrogens (tertiary/aromatic N) is 3. The number of rotatable bonds is 8. The summed E-state index contributed by atoms with van der Waals surface area (Å²) < 4.78 is 0. The lowest BCUT2D eigenvalue weighted by atomic mass is 10.1.